The first-order chi connectivity index (χ1) is 19.5. The van der Waals surface area contributed by atoms with E-state index in [1.807, 2.05) is 18.2 Å². The van der Waals surface area contributed by atoms with Gasteiger partial charge in [0.15, 0.2) is 0 Å². The van der Waals surface area contributed by atoms with Crippen molar-refractivity contribution in [1.82, 2.24) is 10.2 Å². The zero-order chi connectivity index (χ0) is 28.0. The molecule has 2 N–H and O–H groups in total. The van der Waals surface area contributed by atoms with Crippen LogP contribution in [-0.2, 0) is 5.54 Å². The zero-order valence-electron chi connectivity index (χ0n) is 22.3. The van der Waals surface area contributed by atoms with Crippen LogP contribution in [0.25, 0.3) is 0 Å². The molecule has 0 bridgehead atoms. The number of unbranched alkanes of at least 4 members (excludes halogenated alkanes) is 3. The van der Waals surface area contributed by atoms with Crippen molar-refractivity contribution in [2.24, 2.45) is 0 Å². The Kier molecular flexibility index (Phi) is 8.18. The van der Waals surface area contributed by atoms with E-state index in [4.69, 9.17) is 0 Å². The normalized spacial score (nSPS) is 12.9. The predicted octanol–water partition coefficient (Wildman–Crippen LogP) is 6.12. The van der Waals surface area contributed by atoms with E-state index in [1.165, 1.54) is 39.8 Å². The predicted molar refractivity (Wildman–Crippen MR) is 154 cm³/mol. The number of amides is 2. The number of rotatable bonds is 12. The molecule has 0 aliphatic carbocycles. The van der Waals surface area contributed by atoms with E-state index >= 15 is 0 Å². The maximum atomic E-state index is 12.8. The van der Waals surface area contributed by atoms with Crippen LogP contribution < -0.4 is 5.32 Å². The van der Waals surface area contributed by atoms with Crippen molar-refractivity contribution in [3.63, 3.8) is 0 Å². The van der Waals surface area contributed by atoms with Crippen molar-refractivity contribution in [2.75, 3.05) is 13.1 Å². The van der Waals surface area contributed by atoms with Gasteiger partial charge in [-0.05, 0) is 54.3 Å². The minimum atomic E-state index is -1.12. The van der Waals surface area contributed by atoms with Crippen LogP contribution in [0.4, 0.5) is 0 Å². The molecule has 4 aromatic carbocycles. The molecule has 6 nitrogen and oxygen atoms in total. The lowest BCUT2D eigenvalue weighted by Gasteiger charge is -2.37. The van der Waals surface area contributed by atoms with Gasteiger partial charge in [0.25, 0.3) is 11.8 Å². The topological polar surface area (TPSA) is 86.7 Å². The lowest BCUT2D eigenvalue weighted by atomic mass is 9.77. The van der Waals surface area contributed by atoms with Crippen LogP contribution in [0.5, 0.6) is 0 Å². The van der Waals surface area contributed by atoms with Crippen LogP contribution in [0.3, 0.4) is 0 Å². The summed E-state index contributed by atoms with van der Waals surface area (Å²) in [6.07, 6.45) is 3.43. The highest BCUT2D eigenvalue weighted by Gasteiger charge is 2.36. The van der Waals surface area contributed by atoms with Gasteiger partial charge in [-0.2, -0.15) is 0 Å². The Morgan fingerprint density at radius 3 is 1.68 bits per heavy atom. The van der Waals surface area contributed by atoms with E-state index in [-0.39, 0.29) is 22.6 Å². The van der Waals surface area contributed by atoms with Gasteiger partial charge >= 0.3 is 5.97 Å². The van der Waals surface area contributed by atoms with Gasteiger partial charge < -0.3 is 5.11 Å². The summed E-state index contributed by atoms with van der Waals surface area (Å²) in [6, 6.07) is 35.6. The molecule has 202 valence electrons. The molecule has 4 aromatic rings. The number of hydrogen-bond donors (Lipinski definition) is 2. The number of carbonyl (C=O) groups excluding carboxylic acids is 2. The second-order valence-corrected chi connectivity index (χ2v) is 10.0. The van der Waals surface area contributed by atoms with Gasteiger partial charge in [-0.25, -0.2) is 4.79 Å². The van der Waals surface area contributed by atoms with E-state index in [2.05, 4.69) is 78.1 Å². The number of benzene rings is 4. The van der Waals surface area contributed by atoms with Gasteiger partial charge in [-0.3, -0.25) is 19.8 Å². The molecule has 1 aliphatic heterocycles. The molecule has 1 heterocycles. The fourth-order valence-electron chi connectivity index (χ4n) is 5.52. The van der Waals surface area contributed by atoms with Gasteiger partial charge in [0, 0.05) is 6.54 Å². The highest BCUT2D eigenvalue weighted by molar-refractivity contribution is 6.21. The average Bonchev–Trinajstić information content (AvgIpc) is 3.24. The minimum absolute atomic E-state index is 0.00633. The molecule has 0 unspecified atom stereocenters. The van der Waals surface area contributed by atoms with Crippen LogP contribution in [0.2, 0.25) is 0 Å². The number of hydrogen-bond acceptors (Lipinski definition) is 4. The second kappa shape index (κ2) is 12.1. The molecule has 0 aromatic heterocycles. The Morgan fingerprint density at radius 2 is 1.15 bits per heavy atom. The van der Waals surface area contributed by atoms with Crippen molar-refractivity contribution in [1.29, 1.82) is 0 Å². The van der Waals surface area contributed by atoms with E-state index in [1.54, 1.807) is 0 Å². The molecule has 5 rings (SSSR count). The van der Waals surface area contributed by atoms with Crippen molar-refractivity contribution in [3.8, 4) is 0 Å². The largest absolute Gasteiger partial charge is 0.478 e. The second-order valence-electron chi connectivity index (χ2n) is 10.0. The summed E-state index contributed by atoms with van der Waals surface area (Å²) in [5.41, 5.74) is 3.47. The standard InChI is InChI=1S/C34H32N2O4/c37-31-29-21-20-25(33(39)40)24-30(29)32(38)36(31)23-13-2-1-12-22-35-34(26-14-6-3-7-15-26,27-16-8-4-9-17-27)28-18-10-5-11-19-28/h3-11,14-21,24,35H,1-2,12-13,22-23H2,(H,39,40). The van der Waals surface area contributed by atoms with Crippen molar-refractivity contribution in [2.45, 2.75) is 31.2 Å². The van der Waals surface area contributed by atoms with Gasteiger partial charge in [0.05, 0.1) is 22.2 Å². The average molecular weight is 533 g/mol. The SMILES string of the molecule is O=C(O)c1ccc2c(c1)C(=O)N(CCCCCCNC(c1ccccc1)(c1ccccc1)c1ccccc1)C2=O. The molecular weight excluding hydrogens is 500 g/mol. The summed E-state index contributed by atoms with van der Waals surface area (Å²) < 4.78 is 0. The molecule has 0 atom stereocenters. The highest BCUT2D eigenvalue weighted by Crippen LogP contribution is 2.36. The summed E-state index contributed by atoms with van der Waals surface area (Å²) in [5, 5.41) is 13.1. The number of nitrogens with zero attached hydrogens (tertiary/aromatic N) is 1. The molecule has 0 saturated heterocycles. The number of aromatic carboxylic acids is 1. The van der Waals surface area contributed by atoms with Crippen LogP contribution in [-0.4, -0.2) is 40.9 Å². The molecule has 40 heavy (non-hydrogen) atoms. The Hall–Kier alpha value is -4.55. The van der Waals surface area contributed by atoms with E-state index in [9.17, 15) is 19.5 Å². The van der Waals surface area contributed by atoms with Crippen molar-refractivity contribution < 1.29 is 19.5 Å². The summed E-state index contributed by atoms with van der Waals surface area (Å²) in [4.78, 5) is 38.0. The number of fused-ring (bicyclic) bond motifs is 1. The lowest BCUT2D eigenvalue weighted by molar-refractivity contribution is 0.0649. The first-order valence-corrected chi connectivity index (χ1v) is 13.7. The number of carboxylic acid groups (broad SMARTS) is 1. The van der Waals surface area contributed by atoms with Gasteiger partial charge in [-0.15, -0.1) is 0 Å². The molecule has 0 saturated carbocycles. The van der Waals surface area contributed by atoms with Gasteiger partial charge in [0.1, 0.15) is 0 Å². The number of carbonyl (C=O) groups is 3. The minimum Gasteiger partial charge on any atom is -0.478 e. The molecule has 2 amide bonds. The third-order valence-electron chi connectivity index (χ3n) is 7.54. The quantitative estimate of drug-likeness (QED) is 0.130. The fraction of sp³-hybridized carbons (Fsp3) is 0.206. The molecule has 6 heteroatoms. The Labute approximate surface area is 234 Å². The Bertz CT molecular complexity index is 1390. The summed E-state index contributed by atoms with van der Waals surface area (Å²) in [5.74, 6) is -1.88. The van der Waals surface area contributed by atoms with Gasteiger partial charge in [0.2, 0.25) is 0 Å². The summed E-state index contributed by atoms with van der Waals surface area (Å²) in [6.45, 7) is 1.10. The van der Waals surface area contributed by atoms with E-state index < -0.39 is 17.4 Å². The molecule has 0 spiro atoms. The van der Waals surface area contributed by atoms with Crippen LogP contribution >= 0.6 is 0 Å². The highest BCUT2D eigenvalue weighted by atomic mass is 16.4. The molecule has 0 fully saturated rings. The molecular formula is C34H32N2O4. The fourth-order valence-corrected chi connectivity index (χ4v) is 5.52. The third-order valence-corrected chi connectivity index (χ3v) is 7.54. The molecule has 0 radical (unpaired) electrons. The van der Waals surface area contributed by atoms with E-state index in [0.717, 1.165) is 25.8 Å². The lowest BCUT2D eigenvalue weighted by Crippen LogP contribution is -2.45. The summed E-state index contributed by atoms with van der Waals surface area (Å²) >= 11 is 0. The van der Waals surface area contributed by atoms with Crippen LogP contribution in [0.1, 0.15) is 73.4 Å². The maximum absolute atomic E-state index is 12.8. The van der Waals surface area contributed by atoms with Crippen molar-refractivity contribution in [3.05, 3.63) is 143 Å². The van der Waals surface area contributed by atoms with E-state index in [0.29, 0.717) is 13.0 Å². The Balaban J connectivity index is 1.21. The molecule has 1 aliphatic rings. The number of imide groups is 1. The number of carboxylic acids is 1. The van der Waals surface area contributed by atoms with Crippen molar-refractivity contribution >= 4 is 17.8 Å². The first kappa shape index (κ1) is 27.0. The monoisotopic (exact) mass is 532 g/mol. The van der Waals surface area contributed by atoms with Gasteiger partial charge in [-0.1, -0.05) is 104 Å². The first-order valence-electron chi connectivity index (χ1n) is 13.7. The third kappa shape index (κ3) is 5.31. The Morgan fingerprint density at radius 1 is 0.650 bits per heavy atom. The van der Waals surface area contributed by atoms with Crippen LogP contribution in [0.15, 0.2) is 109 Å². The maximum Gasteiger partial charge on any atom is 0.335 e. The number of nitrogens with one attached hydrogen (secondary N) is 1. The van der Waals surface area contributed by atoms with Crippen LogP contribution in [0, 0.1) is 0 Å². The zero-order valence-corrected chi connectivity index (χ0v) is 22.3. The summed E-state index contributed by atoms with van der Waals surface area (Å²) in [7, 11) is 0. The smallest absolute Gasteiger partial charge is 0.335 e.